The summed E-state index contributed by atoms with van der Waals surface area (Å²) in [6.07, 6.45) is 1.86. The molecule has 6 nitrogen and oxygen atoms in total. The molecule has 7 heteroatoms. The molecule has 1 aliphatic rings. The van der Waals surface area contributed by atoms with Gasteiger partial charge in [-0.15, -0.1) is 0 Å². The van der Waals surface area contributed by atoms with Crippen molar-refractivity contribution < 1.29 is 4.39 Å². The molecule has 30 heavy (non-hydrogen) atoms. The summed E-state index contributed by atoms with van der Waals surface area (Å²) in [6, 6.07) is 10.9. The zero-order valence-electron chi connectivity index (χ0n) is 18.5. The fourth-order valence-corrected chi connectivity index (χ4v) is 3.41. The van der Waals surface area contributed by atoms with E-state index in [-0.39, 0.29) is 11.4 Å². The summed E-state index contributed by atoms with van der Waals surface area (Å²) in [5.74, 6) is 1.60. The molecule has 0 aliphatic carbocycles. The number of rotatable bonds is 5. The second-order valence-electron chi connectivity index (χ2n) is 8.54. The molecule has 0 unspecified atom stereocenters. The molecule has 0 atom stereocenters. The minimum absolute atomic E-state index is 0.0470. The Kier molecular flexibility index (Phi) is 7.13. The predicted molar refractivity (Wildman–Crippen MR) is 123 cm³/mol. The van der Waals surface area contributed by atoms with Crippen molar-refractivity contribution in [1.82, 2.24) is 15.6 Å². The molecule has 1 aromatic carbocycles. The Morgan fingerprint density at radius 3 is 2.37 bits per heavy atom. The number of benzene rings is 1. The highest BCUT2D eigenvalue weighted by atomic mass is 19.1. The number of piperazine rings is 1. The molecule has 3 rings (SSSR count). The molecule has 2 aromatic rings. The first-order valence-corrected chi connectivity index (χ1v) is 10.6. The maximum absolute atomic E-state index is 13.2. The molecule has 1 aromatic heterocycles. The number of nitrogens with one attached hydrogen (secondary N) is 2. The van der Waals surface area contributed by atoms with E-state index in [2.05, 4.69) is 59.2 Å². The summed E-state index contributed by atoms with van der Waals surface area (Å²) in [5, 5.41) is 6.71. The van der Waals surface area contributed by atoms with E-state index in [0.717, 1.165) is 55.8 Å². The maximum Gasteiger partial charge on any atom is 0.191 e. The van der Waals surface area contributed by atoms with Gasteiger partial charge in [0.2, 0.25) is 0 Å². The van der Waals surface area contributed by atoms with E-state index < -0.39 is 0 Å². The molecule has 2 N–H and O–H groups in total. The fraction of sp³-hybridized carbons (Fsp3) is 0.478. The van der Waals surface area contributed by atoms with E-state index in [9.17, 15) is 4.39 Å². The van der Waals surface area contributed by atoms with E-state index >= 15 is 0 Å². The van der Waals surface area contributed by atoms with Gasteiger partial charge in [-0.1, -0.05) is 0 Å². The van der Waals surface area contributed by atoms with Gasteiger partial charge >= 0.3 is 0 Å². The summed E-state index contributed by atoms with van der Waals surface area (Å²) >= 11 is 0. The van der Waals surface area contributed by atoms with Crippen LogP contribution < -0.4 is 20.4 Å². The van der Waals surface area contributed by atoms with Gasteiger partial charge in [-0.25, -0.2) is 14.4 Å². The van der Waals surface area contributed by atoms with Crippen molar-refractivity contribution in [2.45, 2.75) is 39.8 Å². The molecule has 0 radical (unpaired) electrons. The van der Waals surface area contributed by atoms with Gasteiger partial charge in [0.25, 0.3) is 0 Å². The number of nitrogens with zero attached hydrogens (tertiary/aromatic N) is 4. The van der Waals surface area contributed by atoms with E-state index in [1.165, 1.54) is 12.1 Å². The van der Waals surface area contributed by atoms with E-state index in [4.69, 9.17) is 4.99 Å². The average molecular weight is 413 g/mol. The summed E-state index contributed by atoms with van der Waals surface area (Å²) in [5.41, 5.74) is 2.15. The van der Waals surface area contributed by atoms with Crippen LogP contribution in [0.3, 0.4) is 0 Å². The third kappa shape index (κ3) is 6.34. The molecule has 1 saturated heterocycles. The molecule has 0 spiro atoms. The molecule has 0 bridgehead atoms. The molecule has 2 heterocycles. The van der Waals surface area contributed by atoms with Crippen molar-refractivity contribution in [2.24, 2.45) is 4.99 Å². The summed E-state index contributed by atoms with van der Waals surface area (Å²) in [4.78, 5) is 13.9. The first kappa shape index (κ1) is 21.9. The molecule has 0 amide bonds. The van der Waals surface area contributed by atoms with Crippen LogP contribution in [0.15, 0.2) is 47.6 Å². The van der Waals surface area contributed by atoms with Gasteiger partial charge < -0.3 is 20.4 Å². The normalized spacial score (nSPS) is 15.3. The van der Waals surface area contributed by atoms with Crippen LogP contribution in [0.25, 0.3) is 0 Å². The predicted octanol–water partition coefficient (Wildman–Crippen LogP) is 3.40. The van der Waals surface area contributed by atoms with Gasteiger partial charge in [-0.2, -0.15) is 0 Å². The molecule has 162 valence electrons. The highest BCUT2D eigenvalue weighted by Crippen LogP contribution is 2.20. The second kappa shape index (κ2) is 9.78. The zero-order chi connectivity index (χ0) is 21.6. The molecular formula is C23H33FN6. The zero-order valence-corrected chi connectivity index (χ0v) is 18.5. The van der Waals surface area contributed by atoms with E-state index in [1.54, 1.807) is 0 Å². The molecule has 0 saturated carbocycles. The van der Waals surface area contributed by atoms with Crippen LogP contribution in [-0.2, 0) is 6.54 Å². The van der Waals surface area contributed by atoms with Crippen molar-refractivity contribution in [3.63, 3.8) is 0 Å². The SMILES string of the molecule is CCNC(=NCc1ccnc(N2CCN(c3ccc(F)cc3)CC2)c1)NC(C)(C)C. The Hall–Kier alpha value is -2.83. The first-order chi connectivity index (χ1) is 14.3. The number of aromatic nitrogens is 1. The van der Waals surface area contributed by atoms with Crippen molar-refractivity contribution in [2.75, 3.05) is 42.5 Å². The number of anilines is 2. The minimum Gasteiger partial charge on any atom is -0.368 e. The minimum atomic E-state index is -0.198. The molecule has 1 aliphatic heterocycles. The van der Waals surface area contributed by atoms with E-state index in [0.29, 0.717) is 6.54 Å². The van der Waals surface area contributed by atoms with Crippen LogP contribution >= 0.6 is 0 Å². The van der Waals surface area contributed by atoms with Crippen LogP contribution in [0.2, 0.25) is 0 Å². The Labute approximate surface area is 179 Å². The third-order valence-electron chi connectivity index (χ3n) is 4.86. The number of halogens is 1. The number of pyridine rings is 1. The van der Waals surface area contributed by atoms with Gasteiger partial charge in [-0.3, -0.25) is 0 Å². The Balaban J connectivity index is 1.61. The van der Waals surface area contributed by atoms with Gasteiger partial charge in [0.05, 0.1) is 6.54 Å². The first-order valence-electron chi connectivity index (χ1n) is 10.6. The lowest BCUT2D eigenvalue weighted by molar-refractivity contribution is 0.501. The lowest BCUT2D eigenvalue weighted by Crippen LogP contribution is -2.47. The van der Waals surface area contributed by atoms with Gasteiger partial charge in [0.15, 0.2) is 5.96 Å². The van der Waals surface area contributed by atoms with Crippen molar-refractivity contribution in [1.29, 1.82) is 0 Å². The number of hydrogen-bond acceptors (Lipinski definition) is 4. The van der Waals surface area contributed by atoms with Crippen LogP contribution in [0.4, 0.5) is 15.9 Å². The number of hydrogen-bond donors (Lipinski definition) is 2. The molecular weight excluding hydrogens is 379 g/mol. The third-order valence-corrected chi connectivity index (χ3v) is 4.86. The average Bonchev–Trinajstić information content (AvgIpc) is 2.72. The highest BCUT2D eigenvalue weighted by Gasteiger charge is 2.18. The van der Waals surface area contributed by atoms with Crippen molar-refractivity contribution in [3.05, 3.63) is 54.0 Å². The lowest BCUT2D eigenvalue weighted by Gasteiger charge is -2.36. The number of aliphatic imine (C=N–C) groups is 1. The van der Waals surface area contributed by atoms with Gasteiger partial charge in [0.1, 0.15) is 11.6 Å². The van der Waals surface area contributed by atoms with Crippen molar-refractivity contribution in [3.8, 4) is 0 Å². The topological polar surface area (TPSA) is 55.8 Å². The number of guanidine groups is 1. The Morgan fingerprint density at radius 1 is 1.07 bits per heavy atom. The Bertz CT molecular complexity index is 836. The monoisotopic (exact) mass is 412 g/mol. The summed E-state index contributed by atoms with van der Waals surface area (Å²) < 4.78 is 13.2. The quantitative estimate of drug-likeness (QED) is 0.582. The van der Waals surface area contributed by atoms with E-state index in [1.807, 2.05) is 24.4 Å². The summed E-state index contributed by atoms with van der Waals surface area (Å²) in [7, 11) is 0. The fourth-order valence-electron chi connectivity index (χ4n) is 3.41. The van der Waals surface area contributed by atoms with Gasteiger partial charge in [0, 0.05) is 50.1 Å². The summed E-state index contributed by atoms with van der Waals surface area (Å²) in [6.45, 7) is 13.4. The largest absolute Gasteiger partial charge is 0.368 e. The highest BCUT2D eigenvalue weighted by molar-refractivity contribution is 5.80. The maximum atomic E-state index is 13.2. The lowest BCUT2D eigenvalue weighted by atomic mass is 10.1. The second-order valence-corrected chi connectivity index (χ2v) is 8.54. The van der Waals surface area contributed by atoms with Crippen LogP contribution in [0, 0.1) is 5.82 Å². The van der Waals surface area contributed by atoms with Gasteiger partial charge in [-0.05, 0) is 69.7 Å². The standard InChI is InChI=1S/C23H33FN6/c1-5-25-22(28-23(2,3)4)27-17-18-10-11-26-21(16-18)30-14-12-29(13-15-30)20-8-6-19(24)7-9-20/h6-11,16H,5,12-15,17H2,1-4H3,(H2,25,27,28). The molecule has 1 fully saturated rings. The van der Waals surface area contributed by atoms with Crippen LogP contribution in [0.5, 0.6) is 0 Å². The van der Waals surface area contributed by atoms with Crippen LogP contribution in [-0.4, -0.2) is 49.2 Å². The van der Waals surface area contributed by atoms with Crippen LogP contribution in [0.1, 0.15) is 33.3 Å². The smallest absolute Gasteiger partial charge is 0.191 e. The Morgan fingerprint density at radius 2 is 1.73 bits per heavy atom. The van der Waals surface area contributed by atoms with Crippen molar-refractivity contribution >= 4 is 17.5 Å².